The van der Waals surface area contributed by atoms with Gasteiger partial charge in [-0.15, -0.1) is 0 Å². The van der Waals surface area contributed by atoms with Gasteiger partial charge in [-0.2, -0.15) is 18.3 Å². The molecular formula is C30H26F3N3O4. The molecule has 0 saturated carbocycles. The van der Waals surface area contributed by atoms with E-state index in [0.717, 1.165) is 17.2 Å². The van der Waals surface area contributed by atoms with Crippen molar-refractivity contribution in [3.05, 3.63) is 89.0 Å². The summed E-state index contributed by atoms with van der Waals surface area (Å²) in [5.41, 5.74) is 2.99. The van der Waals surface area contributed by atoms with E-state index in [1.807, 2.05) is 12.1 Å². The predicted octanol–water partition coefficient (Wildman–Crippen LogP) is 6.37. The number of hydrogen-bond acceptors (Lipinski definition) is 6. The third-order valence-corrected chi connectivity index (χ3v) is 7.47. The number of fused-ring (bicyclic) bond motifs is 2. The minimum Gasteiger partial charge on any atom is -0.492 e. The van der Waals surface area contributed by atoms with Gasteiger partial charge in [0, 0.05) is 17.5 Å². The Morgan fingerprint density at radius 2 is 1.88 bits per heavy atom. The Balaban J connectivity index is 1.30. The summed E-state index contributed by atoms with van der Waals surface area (Å²) in [6, 6.07) is 15.0. The standard InChI is InChI=1S/C30H26F3N3O4/c1-17-34-16-36(35-17)20-5-3-18(4-6-20)29-24-10-12-26(23(24)9-11-25(29)30(31,32)33)40-21-7-8-22-19(13-28(37)38-2)15-39-27(22)14-21/h3-9,11,14,16,19,26H,10,12-13,15H2,1-2H3. The molecule has 2 heterocycles. The van der Waals surface area contributed by atoms with Crippen molar-refractivity contribution in [1.82, 2.24) is 14.8 Å². The van der Waals surface area contributed by atoms with Crippen LogP contribution in [-0.2, 0) is 22.1 Å². The Kier molecular flexibility index (Phi) is 6.48. The molecule has 40 heavy (non-hydrogen) atoms. The van der Waals surface area contributed by atoms with Crippen LogP contribution in [0.1, 0.15) is 52.9 Å². The number of aromatic nitrogens is 3. The number of methoxy groups -OCH3 is 1. The topological polar surface area (TPSA) is 75.5 Å². The van der Waals surface area contributed by atoms with Crippen LogP contribution in [0.5, 0.6) is 11.5 Å². The van der Waals surface area contributed by atoms with Gasteiger partial charge in [0.15, 0.2) is 0 Å². The van der Waals surface area contributed by atoms with Crippen LogP contribution >= 0.6 is 0 Å². The van der Waals surface area contributed by atoms with Crippen molar-refractivity contribution < 1.29 is 32.2 Å². The molecule has 10 heteroatoms. The Labute approximate surface area is 228 Å². The van der Waals surface area contributed by atoms with Gasteiger partial charge >= 0.3 is 12.1 Å². The van der Waals surface area contributed by atoms with Crippen LogP contribution in [0.3, 0.4) is 0 Å². The summed E-state index contributed by atoms with van der Waals surface area (Å²) in [7, 11) is 1.35. The van der Waals surface area contributed by atoms with Crippen LogP contribution in [0.25, 0.3) is 16.8 Å². The molecule has 1 aliphatic heterocycles. The third-order valence-electron chi connectivity index (χ3n) is 7.47. The fraction of sp³-hybridized carbons (Fsp3) is 0.300. The van der Waals surface area contributed by atoms with Gasteiger partial charge in [0.1, 0.15) is 29.8 Å². The number of ether oxygens (including phenoxy) is 3. The first-order chi connectivity index (χ1) is 19.2. The van der Waals surface area contributed by atoms with E-state index in [4.69, 9.17) is 14.2 Å². The zero-order valence-corrected chi connectivity index (χ0v) is 21.9. The number of halogens is 3. The van der Waals surface area contributed by atoms with Gasteiger partial charge in [-0.1, -0.05) is 24.3 Å². The maximum absolute atomic E-state index is 14.2. The molecular weight excluding hydrogens is 523 g/mol. The quantitative estimate of drug-likeness (QED) is 0.260. The minimum absolute atomic E-state index is 0.0907. The molecule has 0 spiro atoms. The molecule has 0 saturated heterocycles. The van der Waals surface area contributed by atoms with E-state index >= 15 is 0 Å². The molecule has 2 unspecified atom stereocenters. The number of carbonyl (C=O) groups excluding carboxylic acids is 1. The van der Waals surface area contributed by atoms with Crippen molar-refractivity contribution in [3.8, 4) is 28.3 Å². The van der Waals surface area contributed by atoms with Gasteiger partial charge in [-0.3, -0.25) is 4.79 Å². The molecule has 2 aliphatic rings. The van der Waals surface area contributed by atoms with Crippen LogP contribution in [-0.4, -0.2) is 34.5 Å². The molecule has 1 aliphatic carbocycles. The summed E-state index contributed by atoms with van der Waals surface area (Å²) in [5, 5.41) is 4.27. The molecule has 0 bridgehead atoms. The summed E-state index contributed by atoms with van der Waals surface area (Å²) >= 11 is 0. The second kappa shape index (κ2) is 10.0. The van der Waals surface area contributed by atoms with E-state index in [0.29, 0.717) is 53.6 Å². The molecule has 3 aromatic carbocycles. The number of carbonyl (C=O) groups is 1. The van der Waals surface area contributed by atoms with Crippen molar-refractivity contribution in [2.24, 2.45) is 0 Å². The number of hydrogen-bond donors (Lipinski definition) is 0. The van der Waals surface area contributed by atoms with E-state index in [2.05, 4.69) is 10.1 Å². The van der Waals surface area contributed by atoms with Crippen LogP contribution in [0.4, 0.5) is 13.2 Å². The number of nitrogens with zero attached hydrogens (tertiary/aromatic N) is 3. The molecule has 0 N–H and O–H groups in total. The van der Waals surface area contributed by atoms with E-state index in [1.54, 1.807) is 48.3 Å². The SMILES string of the molecule is COC(=O)CC1COc2cc(OC3CCc4c3ccc(C(F)(F)F)c4-c3ccc(-n4cnc(C)n4)cc3)ccc21. The molecule has 0 fully saturated rings. The maximum atomic E-state index is 14.2. The normalized spacial score (nSPS) is 17.7. The Hall–Kier alpha value is -4.34. The summed E-state index contributed by atoms with van der Waals surface area (Å²) in [4.78, 5) is 15.8. The molecule has 4 aromatic rings. The Morgan fingerprint density at radius 1 is 1.10 bits per heavy atom. The first kappa shape index (κ1) is 25.9. The van der Waals surface area contributed by atoms with Gasteiger partial charge in [0.25, 0.3) is 0 Å². The van der Waals surface area contributed by atoms with E-state index in [-0.39, 0.29) is 23.9 Å². The fourth-order valence-electron chi connectivity index (χ4n) is 5.55. The van der Waals surface area contributed by atoms with Crippen LogP contribution in [0.2, 0.25) is 0 Å². The van der Waals surface area contributed by atoms with E-state index in [1.165, 1.54) is 13.2 Å². The van der Waals surface area contributed by atoms with Gasteiger partial charge in [-0.25, -0.2) is 9.67 Å². The fourth-order valence-corrected chi connectivity index (χ4v) is 5.55. The molecule has 0 radical (unpaired) electrons. The Morgan fingerprint density at radius 3 is 2.58 bits per heavy atom. The smallest absolute Gasteiger partial charge is 0.417 e. The van der Waals surface area contributed by atoms with Crippen molar-refractivity contribution >= 4 is 5.97 Å². The van der Waals surface area contributed by atoms with Crippen molar-refractivity contribution in [1.29, 1.82) is 0 Å². The largest absolute Gasteiger partial charge is 0.492 e. The lowest BCUT2D eigenvalue weighted by Crippen LogP contribution is -2.10. The highest BCUT2D eigenvalue weighted by Gasteiger charge is 2.38. The molecule has 2 atom stereocenters. The van der Waals surface area contributed by atoms with Gasteiger partial charge in [0.05, 0.1) is 31.4 Å². The number of rotatable bonds is 6. The second-order valence-corrected chi connectivity index (χ2v) is 9.97. The lowest BCUT2D eigenvalue weighted by Gasteiger charge is -2.20. The number of benzene rings is 3. The number of alkyl halides is 3. The van der Waals surface area contributed by atoms with Crippen molar-refractivity contribution in [3.63, 3.8) is 0 Å². The number of esters is 1. The van der Waals surface area contributed by atoms with E-state index < -0.39 is 17.8 Å². The predicted molar refractivity (Wildman–Crippen MR) is 140 cm³/mol. The molecule has 206 valence electrons. The van der Waals surface area contributed by atoms with Crippen LogP contribution in [0.15, 0.2) is 60.9 Å². The van der Waals surface area contributed by atoms with Gasteiger partial charge in [0.2, 0.25) is 0 Å². The lowest BCUT2D eigenvalue weighted by molar-refractivity contribution is -0.141. The highest BCUT2D eigenvalue weighted by atomic mass is 19.4. The second-order valence-electron chi connectivity index (χ2n) is 9.97. The number of aryl methyl sites for hydroxylation is 1. The Bertz CT molecular complexity index is 1580. The molecule has 6 rings (SSSR count). The first-order valence-corrected chi connectivity index (χ1v) is 12.9. The minimum atomic E-state index is -4.51. The zero-order chi connectivity index (χ0) is 28.0. The highest BCUT2D eigenvalue weighted by Crippen LogP contribution is 2.47. The monoisotopic (exact) mass is 549 g/mol. The first-order valence-electron chi connectivity index (χ1n) is 12.9. The van der Waals surface area contributed by atoms with Crippen LogP contribution in [0, 0.1) is 6.92 Å². The highest BCUT2D eigenvalue weighted by molar-refractivity contribution is 5.75. The average Bonchev–Trinajstić information content (AvgIpc) is 3.66. The molecule has 0 amide bonds. The summed E-state index contributed by atoms with van der Waals surface area (Å²) < 4.78 is 60.9. The van der Waals surface area contributed by atoms with Gasteiger partial charge in [-0.05, 0) is 66.3 Å². The van der Waals surface area contributed by atoms with E-state index in [9.17, 15) is 18.0 Å². The lowest BCUT2D eigenvalue weighted by atomic mass is 9.91. The average molecular weight is 550 g/mol. The summed E-state index contributed by atoms with van der Waals surface area (Å²) in [6.07, 6.45) is -2.13. The molecule has 7 nitrogen and oxygen atoms in total. The summed E-state index contributed by atoms with van der Waals surface area (Å²) in [5.74, 6) is 1.41. The van der Waals surface area contributed by atoms with Crippen molar-refractivity contribution in [2.75, 3.05) is 13.7 Å². The van der Waals surface area contributed by atoms with Crippen molar-refractivity contribution in [2.45, 2.75) is 44.4 Å². The van der Waals surface area contributed by atoms with Crippen LogP contribution < -0.4 is 9.47 Å². The van der Waals surface area contributed by atoms with Gasteiger partial charge < -0.3 is 14.2 Å². The summed E-state index contributed by atoms with van der Waals surface area (Å²) in [6.45, 7) is 2.14. The maximum Gasteiger partial charge on any atom is 0.417 e. The zero-order valence-electron chi connectivity index (χ0n) is 21.9. The molecule has 1 aromatic heterocycles. The third kappa shape index (κ3) is 4.78.